The molecule has 0 radical (unpaired) electrons. The van der Waals surface area contributed by atoms with Crippen molar-refractivity contribution in [1.29, 1.82) is 0 Å². The van der Waals surface area contributed by atoms with Gasteiger partial charge in [-0.2, -0.15) is 9.78 Å². The number of nitrogens with zero attached hydrogens (tertiary/aromatic N) is 2. The number of anilines is 1. The summed E-state index contributed by atoms with van der Waals surface area (Å²) in [5.74, 6) is -0.359. The molecule has 1 amide bonds. The van der Waals surface area contributed by atoms with Gasteiger partial charge in [-0.3, -0.25) is 0 Å². The molecule has 20 heavy (non-hydrogen) atoms. The van der Waals surface area contributed by atoms with Gasteiger partial charge in [-0.25, -0.2) is 9.18 Å². The summed E-state index contributed by atoms with van der Waals surface area (Å²) < 4.78 is 14.0. The van der Waals surface area contributed by atoms with E-state index in [-0.39, 0.29) is 5.82 Å². The maximum absolute atomic E-state index is 12.8. The minimum Gasteiger partial charge on any atom is -0.306 e. The van der Waals surface area contributed by atoms with E-state index in [2.05, 4.69) is 10.4 Å². The normalized spacial score (nSPS) is 10.7. The van der Waals surface area contributed by atoms with E-state index in [9.17, 15) is 9.18 Å². The molecule has 0 saturated carbocycles. The molecule has 1 heterocycles. The van der Waals surface area contributed by atoms with Crippen molar-refractivity contribution in [2.75, 3.05) is 5.32 Å². The van der Waals surface area contributed by atoms with Gasteiger partial charge in [-0.15, -0.1) is 0 Å². The largest absolute Gasteiger partial charge is 0.347 e. The maximum atomic E-state index is 12.8. The number of carbonyl (C=O) groups excluding carboxylic acids is 1. The zero-order chi connectivity index (χ0) is 14.1. The molecule has 0 bridgehead atoms. The van der Waals surface area contributed by atoms with Gasteiger partial charge in [0.25, 0.3) is 0 Å². The fourth-order valence-corrected chi connectivity index (χ4v) is 2.06. The van der Waals surface area contributed by atoms with Gasteiger partial charge in [-0.1, -0.05) is 11.6 Å². The van der Waals surface area contributed by atoms with Gasteiger partial charge < -0.3 is 5.32 Å². The Labute approximate surface area is 118 Å². The highest BCUT2D eigenvalue weighted by Gasteiger charge is 2.10. The van der Waals surface area contributed by atoms with Crippen molar-refractivity contribution in [3.63, 3.8) is 0 Å². The molecule has 0 aliphatic carbocycles. The lowest BCUT2D eigenvalue weighted by molar-refractivity contribution is 0.252. The number of halogens is 2. The summed E-state index contributed by atoms with van der Waals surface area (Å²) in [6.45, 7) is 0. The van der Waals surface area contributed by atoms with Gasteiger partial charge in [0.15, 0.2) is 0 Å². The summed E-state index contributed by atoms with van der Waals surface area (Å²) in [7, 11) is 0. The summed E-state index contributed by atoms with van der Waals surface area (Å²) in [4.78, 5) is 12.1. The molecule has 0 saturated heterocycles. The average Bonchev–Trinajstić information content (AvgIpc) is 2.84. The van der Waals surface area contributed by atoms with Gasteiger partial charge in [0.2, 0.25) is 0 Å². The number of amides is 1. The Kier molecular flexibility index (Phi) is 3.12. The second-order valence-electron chi connectivity index (χ2n) is 4.20. The van der Waals surface area contributed by atoms with Crippen molar-refractivity contribution >= 4 is 34.2 Å². The summed E-state index contributed by atoms with van der Waals surface area (Å²) in [5.41, 5.74) is 1.14. The number of fused-ring (bicyclic) bond motifs is 1. The van der Waals surface area contributed by atoms with Crippen LogP contribution in [-0.2, 0) is 0 Å². The molecule has 6 heteroatoms. The summed E-state index contributed by atoms with van der Waals surface area (Å²) in [6.07, 6.45) is 1.56. The van der Waals surface area contributed by atoms with Gasteiger partial charge in [0.1, 0.15) is 5.82 Å². The Bertz CT molecular complexity index is 783. The zero-order valence-electron chi connectivity index (χ0n) is 10.2. The number of rotatable bonds is 1. The minimum atomic E-state index is -0.422. The SMILES string of the molecule is O=C(Nc1ccc(F)cc1)n1ncc2cc(Cl)ccc21. The first-order valence-electron chi connectivity index (χ1n) is 5.84. The van der Waals surface area contributed by atoms with Crippen molar-refractivity contribution in [2.24, 2.45) is 0 Å². The average molecular weight is 290 g/mol. The first kappa shape index (κ1) is 12.6. The fourth-order valence-electron chi connectivity index (χ4n) is 1.88. The van der Waals surface area contributed by atoms with E-state index in [1.807, 2.05) is 0 Å². The predicted molar refractivity (Wildman–Crippen MR) is 75.6 cm³/mol. The molecule has 1 N–H and O–H groups in total. The molecule has 100 valence electrons. The third-order valence-electron chi connectivity index (χ3n) is 2.82. The van der Waals surface area contributed by atoms with Crippen molar-refractivity contribution in [1.82, 2.24) is 9.78 Å². The standard InChI is InChI=1S/C14H9ClFN3O/c15-10-1-6-13-9(7-10)8-17-19(13)14(20)18-12-4-2-11(16)3-5-12/h1-8H,(H,18,20). The van der Waals surface area contributed by atoms with Crippen LogP contribution in [0.25, 0.3) is 10.9 Å². The second-order valence-corrected chi connectivity index (χ2v) is 4.63. The van der Waals surface area contributed by atoms with Crippen LogP contribution in [0.2, 0.25) is 5.02 Å². The van der Waals surface area contributed by atoms with E-state index < -0.39 is 6.03 Å². The molecule has 1 aromatic heterocycles. The molecule has 3 rings (SSSR count). The quantitative estimate of drug-likeness (QED) is 0.738. The predicted octanol–water partition coefficient (Wildman–Crippen LogP) is 3.91. The highest BCUT2D eigenvalue weighted by Crippen LogP contribution is 2.19. The molecule has 0 fully saturated rings. The molecule has 0 atom stereocenters. The van der Waals surface area contributed by atoms with Crippen molar-refractivity contribution < 1.29 is 9.18 Å². The third kappa shape index (κ3) is 2.35. The lowest BCUT2D eigenvalue weighted by atomic mass is 10.2. The molecule has 0 unspecified atom stereocenters. The minimum absolute atomic E-state index is 0.359. The smallest absolute Gasteiger partial charge is 0.306 e. The van der Waals surface area contributed by atoms with E-state index in [0.717, 1.165) is 5.39 Å². The van der Waals surface area contributed by atoms with E-state index in [1.165, 1.54) is 28.9 Å². The van der Waals surface area contributed by atoms with Crippen LogP contribution in [0, 0.1) is 5.82 Å². The molecule has 4 nitrogen and oxygen atoms in total. The number of hydrogen-bond donors (Lipinski definition) is 1. The maximum Gasteiger partial charge on any atom is 0.347 e. The van der Waals surface area contributed by atoms with Gasteiger partial charge in [0, 0.05) is 16.1 Å². The van der Waals surface area contributed by atoms with Crippen molar-refractivity contribution in [3.8, 4) is 0 Å². The highest BCUT2D eigenvalue weighted by atomic mass is 35.5. The van der Waals surface area contributed by atoms with Crippen LogP contribution < -0.4 is 5.32 Å². The Hall–Kier alpha value is -2.40. The summed E-state index contributed by atoms with van der Waals surface area (Å²) in [5, 5.41) is 8.01. The van der Waals surface area contributed by atoms with Crippen LogP contribution in [0.15, 0.2) is 48.7 Å². The second kappa shape index (κ2) is 4.94. The van der Waals surface area contributed by atoms with Crippen LogP contribution in [0.4, 0.5) is 14.9 Å². The molecule has 2 aromatic carbocycles. The van der Waals surface area contributed by atoms with Crippen LogP contribution in [0.5, 0.6) is 0 Å². The van der Waals surface area contributed by atoms with Crippen molar-refractivity contribution in [2.45, 2.75) is 0 Å². The molecular weight excluding hydrogens is 281 g/mol. The molecule has 0 aliphatic rings. The van der Waals surface area contributed by atoms with E-state index >= 15 is 0 Å². The zero-order valence-corrected chi connectivity index (χ0v) is 10.9. The Morgan fingerprint density at radius 1 is 1.20 bits per heavy atom. The Morgan fingerprint density at radius 3 is 2.70 bits per heavy atom. The monoisotopic (exact) mass is 289 g/mol. The van der Waals surface area contributed by atoms with E-state index in [0.29, 0.717) is 16.2 Å². The number of carbonyl (C=O) groups is 1. The van der Waals surface area contributed by atoms with Crippen molar-refractivity contribution in [3.05, 3.63) is 59.5 Å². The first-order chi connectivity index (χ1) is 9.63. The fraction of sp³-hybridized carbons (Fsp3) is 0. The highest BCUT2D eigenvalue weighted by molar-refractivity contribution is 6.31. The number of nitrogens with one attached hydrogen (secondary N) is 1. The lowest BCUT2D eigenvalue weighted by Crippen LogP contribution is -2.20. The van der Waals surface area contributed by atoms with Gasteiger partial charge in [0.05, 0.1) is 11.7 Å². The first-order valence-corrected chi connectivity index (χ1v) is 6.21. The van der Waals surface area contributed by atoms with Crippen LogP contribution in [-0.4, -0.2) is 15.8 Å². The van der Waals surface area contributed by atoms with Crippen LogP contribution >= 0.6 is 11.6 Å². The lowest BCUT2D eigenvalue weighted by Gasteiger charge is -2.05. The number of benzene rings is 2. The Morgan fingerprint density at radius 2 is 1.95 bits per heavy atom. The molecular formula is C14H9ClFN3O. The molecule has 0 spiro atoms. The summed E-state index contributed by atoms with van der Waals surface area (Å²) >= 11 is 5.88. The molecule has 3 aromatic rings. The van der Waals surface area contributed by atoms with Crippen LogP contribution in [0.1, 0.15) is 0 Å². The number of aromatic nitrogens is 2. The van der Waals surface area contributed by atoms with Gasteiger partial charge >= 0.3 is 6.03 Å². The van der Waals surface area contributed by atoms with Gasteiger partial charge in [-0.05, 0) is 42.5 Å². The number of hydrogen-bond acceptors (Lipinski definition) is 2. The van der Waals surface area contributed by atoms with E-state index in [4.69, 9.17) is 11.6 Å². The van der Waals surface area contributed by atoms with Crippen LogP contribution in [0.3, 0.4) is 0 Å². The Balaban J connectivity index is 1.91. The molecule has 0 aliphatic heterocycles. The topological polar surface area (TPSA) is 46.9 Å². The summed E-state index contributed by atoms with van der Waals surface area (Å²) in [6, 6.07) is 10.2. The third-order valence-corrected chi connectivity index (χ3v) is 3.05. The van der Waals surface area contributed by atoms with E-state index in [1.54, 1.807) is 24.4 Å².